The first-order valence-electron chi connectivity index (χ1n) is 7.18. The Morgan fingerprint density at radius 2 is 2.17 bits per heavy atom. The van der Waals surface area contributed by atoms with Crippen LogP contribution in [0.3, 0.4) is 0 Å². The van der Waals surface area contributed by atoms with Crippen LogP contribution in [0.2, 0.25) is 0 Å². The molecule has 8 nitrogen and oxygen atoms in total. The zero-order valence-corrected chi connectivity index (χ0v) is 13.3. The largest absolute Gasteiger partial charge is 0.467 e. The van der Waals surface area contributed by atoms with Gasteiger partial charge in [0.25, 0.3) is 5.56 Å². The number of tetrazole rings is 1. The maximum atomic E-state index is 12.1. The van der Waals surface area contributed by atoms with E-state index >= 15 is 0 Å². The van der Waals surface area contributed by atoms with Crippen molar-refractivity contribution in [1.82, 2.24) is 29.6 Å². The monoisotopic (exact) mass is 340 g/mol. The zero-order chi connectivity index (χ0) is 16.4. The second-order valence-corrected chi connectivity index (χ2v) is 5.94. The number of thioether (sulfide) groups is 1. The molecule has 4 rings (SSSR count). The standard InChI is InChI=1S/C15H12N6O2S/c22-14-8-11(16-13-5-1-2-6-20(13)14)10-24-15-17-18-19-21(15)9-12-4-3-7-23-12/h1-8H,9-10H2. The Morgan fingerprint density at radius 1 is 1.21 bits per heavy atom. The summed E-state index contributed by atoms with van der Waals surface area (Å²) in [6.07, 6.45) is 3.31. The molecule has 0 aliphatic heterocycles. The molecule has 120 valence electrons. The molecular formula is C15H12N6O2S. The third-order valence-corrected chi connectivity index (χ3v) is 4.35. The minimum Gasteiger partial charge on any atom is -0.467 e. The second-order valence-electron chi connectivity index (χ2n) is 5.00. The summed E-state index contributed by atoms with van der Waals surface area (Å²) in [6, 6.07) is 10.7. The molecule has 4 aromatic rings. The van der Waals surface area contributed by atoms with Crippen LogP contribution in [0, 0.1) is 0 Å². The van der Waals surface area contributed by atoms with Gasteiger partial charge in [0.1, 0.15) is 18.0 Å². The quantitative estimate of drug-likeness (QED) is 0.510. The summed E-state index contributed by atoms with van der Waals surface area (Å²) in [6.45, 7) is 0.455. The van der Waals surface area contributed by atoms with Crippen molar-refractivity contribution in [2.24, 2.45) is 0 Å². The fourth-order valence-corrected chi connectivity index (χ4v) is 3.03. The van der Waals surface area contributed by atoms with Gasteiger partial charge in [0, 0.05) is 18.0 Å². The van der Waals surface area contributed by atoms with Gasteiger partial charge < -0.3 is 4.42 Å². The summed E-state index contributed by atoms with van der Waals surface area (Å²) < 4.78 is 8.47. The fourth-order valence-electron chi connectivity index (χ4n) is 2.26. The highest BCUT2D eigenvalue weighted by atomic mass is 32.2. The van der Waals surface area contributed by atoms with E-state index in [1.165, 1.54) is 22.2 Å². The molecule has 4 heterocycles. The van der Waals surface area contributed by atoms with Gasteiger partial charge in [-0.2, -0.15) is 0 Å². The van der Waals surface area contributed by atoms with E-state index in [0.717, 1.165) is 5.76 Å². The number of fused-ring (bicyclic) bond motifs is 1. The van der Waals surface area contributed by atoms with E-state index in [1.807, 2.05) is 18.2 Å². The smallest absolute Gasteiger partial charge is 0.258 e. The maximum Gasteiger partial charge on any atom is 0.258 e. The van der Waals surface area contributed by atoms with Crippen LogP contribution in [0.4, 0.5) is 0 Å². The normalized spacial score (nSPS) is 11.2. The third-order valence-electron chi connectivity index (χ3n) is 3.36. The molecule has 0 amide bonds. The molecule has 0 bridgehead atoms. The molecule has 0 aromatic carbocycles. The Hall–Kier alpha value is -2.94. The van der Waals surface area contributed by atoms with Crippen LogP contribution in [0.25, 0.3) is 5.65 Å². The van der Waals surface area contributed by atoms with E-state index in [2.05, 4.69) is 20.5 Å². The highest BCUT2D eigenvalue weighted by Crippen LogP contribution is 2.19. The van der Waals surface area contributed by atoms with Crippen molar-refractivity contribution in [3.8, 4) is 0 Å². The minimum absolute atomic E-state index is 0.105. The van der Waals surface area contributed by atoms with Crippen LogP contribution in [-0.4, -0.2) is 29.6 Å². The van der Waals surface area contributed by atoms with Crippen molar-refractivity contribution >= 4 is 17.4 Å². The molecule has 0 atom stereocenters. The molecule has 0 saturated heterocycles. The Labute approximate surface area is 140 Å². The summed E-state index contributed by atoms with van der Waals surface area (Å²) in [4.78, 5) is 16.6. The van der Waals surface area contributed by atoms with Gasteiger partial charge >= 0.3 is 0 Å². The first-order chi connectivity index (χ1) is 11.8. The third kappa shape index (κ3) is 2.93. The van der Waals surface area contributed by atoms with Crippen LogP contribution in [0.1, 0.15) is 11.5 Å². The molecule has 9 heteroatoms. The highest BCUT2D eigenvalue weighted by Gasteiger charge is 2.10. The predicted molar refractivity (Wildman–Crippen MR) is 86.7 cm³/mol. The van der Waals surface area contributed by atoms with Gasteiger partial charge in [-0.25, -0.2) is 9.67 Å². The number of rotatable bonds is 5. The summed E-state index contributed by atoms with van der Waals surface area (Å²) in [5.41, 5.74) is 1.20. The van der Waals surface area contributed by atoms with E-state index in [1.54, 1.807) is 29.3 Å². The molecule has 0 aliphatic carbocycles. The average molecular weight is 340 g/mol. The topological polar surface area (TPSA) is 91.1 Å². The first-order valence-corrected chi connectivity index (χ1v) is 8.17. The minimum atomic E-state index is -0.105. The molecule has 0 radical (unpaired) electrons. The lowest BCUT2D eigenvalue weighted by atomic mass is 10.4. The number of aromatic nitrogens is 6. The van der Waals surface area contributed by atoms with Gasteiger partial charge in [-0.1, -0.05) is 17.8 Å². The van der Waals surface area contributed by atoms with E-state index in [-0.39, 0.29) is 5.56 Å². The number of hydrogen-bond acceptors (Lipinski definition) is 7. The Kier molecular flexibility index (Phi) is 3.83. The molecule has 24 heavy (non-hydrogen) atoms. The fraction of sp³-hybridized carbons (Fsp3) is 0.133. The highest BCUT2D eigenvalue weighted by molar-refractivity contribution is 7.98. The Bertz CT molecular complexity index is 1020. The van der Waals surface area contributed by atoms with Crippen molar-refractivity contribution in [3.63, 3.8) is 0 Å². The van der Waals surface area contributed by atoms with Crippen molar-refractivity contribution < 1.29 is 4.42 Å². The molecule has 4 aromatic heterocycles. The van der Waals surface area contributed by atoms with E-state index in [0.29, 0.717) is 28.8 Å². The molecule has 0 spiro atoms. The molecule has 0 saturated carbocycles. The van der Waals surface area contributed by atoms with Crippen LogP contribution < -0.4 is 5.56 Å². The molecule has 0 unspecified atom stereocenters. The molecule has 0 N–H and O–H groups in total. The molecule has 0 aliphatic rings. The van der Waals surface area contributed by atoms with Gasteiger partial charge in [0.15, 0.2) is 0 Å². The molecule has 0 fully saturated rings. The van der Waals surface area contributed by atoms with E-state index in [4.69, 9.17) is 4.42 Å². The predicted octanol–water partition coefficient (Wildman–Crippen LogP) is 1.61. The van der Waals surface area contributed by atoms with Gasteiger partial charge in [0.2, 0.25) is 5.16 Å². The van der Waals surface area contributed by atoms with E-state index < -0.39 is 0 Å². The van der Waals surface area contributed by atoms with Gasteiger partial charge in [0.05, 0.1) is 12.0 Å². The number of pyridine rings is 1. The SMILES string of the molecule is O=c1cc(CSc2nnnn2Cc2ccco2)nc2ccccn12. The van der Waals surface area contributed by atoms with E-state index in [9.17, 15) is 4.79 Å². The number of furan rings is 1. The Morgan fingerprint density at radius 3 is 3.04 bits per heavy atom. The lowest BCUT2D eigenvalue weighted by molar-refractivity contribution is 0.462. The lowest BCUT2D eigenvalue weighted by Gasteiger charge is -2.04. The van der Waals surface area contributed by atoms with Crippen molar-refractivity contribution in [2.45, 2.75) is 17.5 Å². The summed E-state index contributed by atoms with van der Waals surface area (Å²) in [5, 5.41) is 12.3. The van der Waals surface area contributed by atoms with Crippen LogP contribution in [0.15, 0.2) is 63.2 Å². The molecular weight excluding hydrogens is 328 g/mol. The Balaban J connectivity index is 1.53. The van der Waals surface area contributed by atoms with Gasteiger partial charge in [-0.15, -0.1) is 5.10 Å². The first kappa shape index (κ1) is 14.6. The van der Waals surface area contributed by atoms with Gasteiger partial charge in [-0.3, -0.25) is 9.20 Å². The second kappa shape index (κ2) is 6.28. The number of nitrogens with zero attached hydrogens (tertiary/aromatic N) is 6. The number of hydrogen-bond donors (Lipinski definition) is 0. The summed E-state index contributed by atoms with van der Waals surface area (Å²) in [7, 11) is 0. The lowest BCUT2D eigenvalue weighted by Crippen LogP contribution is -2.14. The van der Waals surface area contributed by atoms with Crippen LogP contribution >= 0.6 is 11.8 Å². The zero-order valence-electron chi connectivity index (χ0n) is 12.4. The van der Waals surface area contributed by atoms with Crippen molar-refractivity contribution in [3.05, 3.63) is 70.7 Å². The summed E-state index contributed by atoms with van der Waals surface area (Å²) >= 11 is 1.42. The van der Waals surface area contributed by atoms with Gasteiger partial charge in [-0.05, 0) is 34.7 Å². The summed E-state index contributed by atoms with van der Waals surface area (Å²) in [5.74, 6) is 1.27. The van der Waals surface area contributed by atoms with Crippen LogP contribution in [-0.2, 0) is 12.3 Å². The van der Waals surface area contributed by atoms with Crippen molar-refractivity contribution in [1.29, 1.82) is 0 Å². The maximum absolute atomic E-state index is 12.1. The van der Waals surface area contributed by atoms with Crippen LogP contribution in [0.5, 0.6) is 0 Å². The van der Waals surface area contributed by atoms with Crippen molar-refractivity contribution in [2.75, 3.05) is 0 Å². The average Bonchev–Trinajstić information content (AvgIpc) is 3.25.